The molecule has 0 unspecified atom stereocenters. The molecule has 2 amide bonds. The van der Waals surface area contributed by atoms with Gasteiger partial charge in [-0.25, -0.2) is 0 Å². The minimum absolute atomic E-state index is 0.0296. The van der Waals surface area contributed by atoms with E-state index in [2.05, 4.69) is 5.32 Å². The van der Waals surface area contributed by atoms with Gasteiger partial charge >= 0.3 is 0 Å². The zero-order valence-electron chi connectivity index (χ0n) is 17.1. The molecule has 0 radical (unpaired) electrons. The van der Waals surface area contributed by atoms with E-state index in [4.69, 9.17) is 34.8 Å². The first-order valence-corrected chi connectivity index (χ1v) is 11.8. The van der Waals surface area contributed by atoms with Crippen LogP contribution in [0.25, 0.3) is 0 Å². The van der Waals surface area contributed by atoms with Crippen molar-refractivity contribution in [2.75, 3.05) is 5.75 Å². The van der Waals surface area contributed by atoms with Crippen molar-refractivity contribution in [2.45, 2.75) is 45.2 Å². The van der Waals surface area contributed by atoms with Crippen molar-refractivity contribution < 1.29 is 9.59 Å². The minimum atomic E-state index is -0.668. The molecule has 0 saturated carbocycles. The molecule has 0 bridgehead atoms. The van der Waals surface area contributed by atoms with Crippen LogP contribution < -0.4 is 5.32 Å². The van der Waals surface area contributed by atoms with Crippen LogP contribution in [0.2, 0.25) is 15.1 Å². The highest BCUT2D eigenvalue weighted by Crippen LogP contribution is 2.27. The highest BCUT2D eigenvalue weighted by molar-refractivity contribution is 7.99. The van der Waals surface area contributed by atoms with Crippen LogP contribution in [-0.2, 0) is 21.9 Å². The van der Waals surface area contributed by atoms with Gasteiger partial charge in [-0.05, 0) is 50.6 Å². The molecule has 0 aromatic heterocycles. The van der Waals surface area contributed by atoms with Crippen LogP contribution in [0.4, 0.5) is 0 Å². The van der Waals surface area contributed by atoms with Crippen molar-refractivity contribution in [2.24, 2.45) is 0 Å². The highest BCUT2D eigenvalue weighted by atomic mass is 35.5. The first-order valence-electron chi connectivity index (χ1n) is 9.54. The second-order valence-corrected chi connectivity index (χ2v) is 9.42. The molecule has 0 aliphatic heterocycles. The average Bonchev–Trinajstić information content (AvgIpc) is 2.66. The van der Waals surface area contributed by atoms with Crippen LogP contribution >= 0.6 is 46.6 Å². The molecule has 8 heteroatoms. The molecule has 2 aromatic rings. The van der Waals surface area contributed by atoms with Crippen LogP contribution in [0.5, 0.6) is 0 Å². The van der Waals surface area contributed by atoms with Crippen LogP contribution in [0, 0.1) is 0 Å². The Kier molecular flexibility index (Phi) is 9.82. The summed E-state index contributed by atoms with van der Waals surface area (Å²) in [6, 6.07) is 12.0. The van der Waals surface area contributed by atoms with Crippen LogP contribution in [0.15, 0.2) is 42.5 Å². The monoisotopic (exact) mass is 486 g/mol. The fourth-order valence-electron chi connectivity index (χ4n) is 2.81. The third kappa shape index (κ3) is 7.38. The summed E-state index contributed by atoms with van der Waals surface area (Å²) in [7, 11) is 0. The van der Waals surface area contributed by atoms with Crippen molar-refractivity contribution in [3.63, 3.8) is 0 Å². The highest BCUT2D eigenvalue weighted by Gasteiger charge is 2.27. The summed E-state index contributed by atoms with van der Waals surface area (Å²) in [5.74, 6) is 0.471. The fraction of sp³-hybridized carbons (Fsp3) is 0.364. The predicted octanol–water partition coefficient (Wildman–Crippen LogP) is 5.82. The normalized spacial score (nSPS) is 12.0. The molecule has 162 valence electrons. The zero-order chi connectivity index (χ0) is 22.3. The van der Waals surface area contributed by atoms with Gasteiger partial charge in [0, 0.05) is 39.0 Å². The standard InChI is InChI=1S/C22H25Cl3N2O2S/c1-14(2)26-22(29)15(3)27(11-18-19(24)8-5-9-20(18)25)21(28)13-30-12-16-6-4-7-17(23)10-16/h4-10,14-15H,11-13H2,1-3H3,(H,26,29)/t15-/m0/s1. The van der Waals surface area contributed by atoms with Gasteiger partial charge in [0.15, 0.2) is 0 Å². The number of halogens is 3. The topological polar surface area (TPSA) is 49.4 Å². The van der Waals surface area contributed by atoms with Gasteiger partial charge in [0.05, 0.1) is 5.75 Å². The van der Waals surface area contributed by atoms with E-state index in [1.54, 1.807) is 25.1 Å². The molecule has 1 atom stereocenters. The quantitative estimate of drug-likeness (QED) is 0.485. The van der Waals surface area contributed by atoms with E-state index in [-0.39, 0.29) is 30.2 Å². The van der Waals surface area contributed by atoms with E-state index in [0.717, 1.165) is 5.56 Å². The Labute approximate surface area is 197 Å². The summed E-state index contributed by atoms with van der Waals surface area (Å²) in [6.07, 6.45) is 0. The molecule has 0 spiro atoms. The number of thioether (sulfide) groups is 1. The summed E-state index contributed by atoms with van der Waals surface area (Å²) >= 11 is 20.1. The molecule has 0 saturated heterocycles. The summed E-state index contributed by atoms with van der Waals surface area (Å²) in [5, 5.41) is 4.44. The molecule has 0 aliphatic rings. The third-order valence-corrected chi connectivity index (χ3v) is 6.30. The molecule has 0 heterocycles. The van der Waals surface area contributed by atoms with Gasteiger partial charge in [-0.1, -0.05) is 53.0 Å². The number of benzene rings is 2. The van der Waals surface area contributed by atoms with E-state index in [1.807, 2.05) is 38.1 Å². The first kappa shape index (κ1) is 24.9. The first-order chi connectivity index (χ1) is 14.2. The lowest BCUT2D eigenvalue weighted by atomic mass is 10.1. The van der Waals surface area contributed by atoms with Gasteiger partial charge in [-0.2, -0.15) is 0 Å². The van der Waals surface area contributed by atoms with Gasteiger partial charge in [-0.3, -0.25) is 9.59 Å². The van der Waals surface area contributed by atoms with Gasteiger partial charge in [-0.15, -0.1) is 11.8 Å². The number of nitrogens with zero attached hydrogens (tertiary/aromatic N) is 1. The van der Waals surface area contributed by atoms with E-state index in [9.17, 15) is 9.59 Å². The molecule has 1 N–H and O–H groups in total. The smallest absolute Gasteiger partial charge is 0.242 e. The number of carbonyl (C=O) groups is 2. The summed E-state index contributed by atoms with van der Waals surface area (Å²) in [4.78, 5) is 27.2. The maximum Gasteiger partial charge on any atom is 0.242 e. The van der Waals surface area contributed by atoms with Gasteiger partial charge in [0.1, 0.15) is 6.04 Å². The van der Waals surface area contributed by atoms with E-state index < -0.39 is 6.04 Å². The average molecular weight is 488 g/mol. The molecule has 4 nitrogen and oxygen atoms in total. The lowest BCUT2D eigenvalue weighted by molar-refractivity contribution is -0.138. The maximum absolute atomic E-state index is 13.1. The molecule has 0 aliphatic carbocycles. The van der Waals surface area contributed by atoms with E-state index in [0.29, 0.717) is 26.4 Å². The van der Waals surface area contributed by atoms with Crippen LogP contribution in [0.1, 0.15) is 31.9 Å². The Morgan fingerprint density at radius 3 is 2.27 bits per heavy atom. The van der Waals surface area contributed by atoms with Crippen molar-refractivity contribution in [1.29, 1.82) is 0 Å². The summed E-state index contributed by atoms with van der Waals surface area (Å²) < 4.78 is 0. The SMILES string of the molecule is CC(C)NC(=O)[C@H](C)N(Cc1c(Cl)cccc1Cl)C(=O)CSCc1cccc(Cl)c1. The number of nitrogens with one attached hydrogen (secondary N) is 1. The Morgan fingerprint density at radius 2 is 1.67 bits per heavy atom. The Balaban J connectivity index is 2.14. The van der Waals surface area contributed by atoms with Crippen molar-refractivity contribution in [3.8, 4) is 0 Å². The number of rotatable bonds is 9. The molecule has 2 rings (SSSR count). The zero-order valence-corrected chi connectivity index (χ0v) is 20.2. The minimum Gasteiger partial charge on any atom is -0.352 e. The Bertz CT molecular complexity index is 872. The second kappa shape index (κ2) is 11.8. The Hall–Kier alpha value is -1.40. The number of hydrogen-bond donors (Lipinski definition) is 1. The predicted molar refractivity (Wildman–Crippen MR) is 127 cm³/mol. The molecule has 0 fully saturated rings. The fourth-order valence-corrected chi connectivity index (χ4v) is 4.39. The summed E-state index contributed by atoms with van der Waals surface area (Å²) in [6.45, 7) is 5.62. The second-order valence-electron chi connectivity index (χ2n) is 7.18. The lowest BCUT2D eigenvalue weighted by Gasteiger charge is -2.30. The van der Waals surface area contributed by atoms with Crippen LogP contribution in [-0.4, -0.2) is 34.6 Å². The van der Waals surface area contributed by atoms with Gasteiger partial charge < -0.3 is 10.2 Å². The van der Waals surface area contributed by atoms with E-state index >= 15 is 0 Å². The van der Waals surface area contributed by atoms with Crippen molar-refractivity contribution in [3.05, 3.63) is 68.7 Å². The maximum atomic E-state index is 13.1. The third-order valence-electron chi connectivity index (χ3n) is 4.37. The molecular formula is C22H25Cl3N2O2S. The van der Waals surface area contributed by atoms with E-state index in [1.165, 1.54) is 16.7 Å². The van der Waals surface area contributed by atoms with Crippen LogP contribution in [0.3, 0.4) is 0 Å². The number of hydrogen-bond acceptors (Lipinski definition) is 3. The number of carbonyl (C=O) groups excluding carboxylic acids is 2. The molecule has 2 aromatic carbocycles. The van der Waals surface area contributed by atoms with Crippen molar-refractivity contribution >= 4 is 58.4 Å². The van der Waals surface area contributed by atoms with Gasteiger partial charge in [0.2, 0.25) is 11.8 Å². The van der Waals surface area contributed by atoms with Crippen molar-refractivity contribution in [1.82, 2.24) is 10.2 Å². The molecule has 30 heavy (non-hydrogen) atoms. The Morgan fingerprint density at radius 1 is 1.03 bits per heavy atom. The largest absolute Gasteiger partial charge is 0.352 e. The summed E-state index contributed by atoms with van der Waals surface area (Å²) in [5.41, 5.74) is 1.66. The number of amides is 2. The lowest BCUT2D eigenvalue weighted by Crippen LogP contribution is -2.49. The molecular weight excluding hydrogens is 463 g/mol. The van der Waals surface area contributed by atoms with Gasteiger partial charge in [0.25, 0.3) is 0 Å².